The van der Waals surface area contributed by atoms with Crippen LogP contribution in [-0.2, 0) is 23.9 Å². The molecule has 2 saturated carbocycles. The number of hydrogen-bond acceptors (Lipinski definition) is 7. The summed E-state index contributed by atoms with van der Waals surface area (Å²) in [5.41, 5.74) is -1.05. The summed E-state index contributed by atoms with van der Waals surface area (Å²) < 4.78 is 5.50. The molecule has 0 aromatic heterocycles. The normalized spacial score (nSPS) is 23.1. The number of ketones is 1. The first-order valence-electron chi connectivity index (χ1n) is 19.4. The van der Waals surface area contributed by atoms with Crippen LogP contribution in [0.25, 0.3) is 0 Å². The molecule has 0 aromatic carbocycles. The molecule has 1 heterocycles. The van der Waals surface area contributed by atoms with Crippen molar-refractivity contribution in [1.82, 2.24) is 31.5 Å². The monoisotopic (exact) mass is 730 g/mol. The van der Waals surface area contributed by atoms with Crippen LogP contribution >= 0.6 is 0 Å². The molecule has 13 heteroatoms. The molecule has 13 nitrogen and oxygen atoms in total. The maximum absolute atomic E-state index is 14.9. The van der Waals surface area contributed by atoms with Crippen LogP contribution in [0, 0.1) is 34.5 Å². The number of carbonyl (C=O) groups excluding carboxylic acids is 6. The zero-order valence-electron chi connectivity index (χ0n) is 32.9. The quantitative estimate of drug-likeness (QED) is 0.109. The van der Waals surface area contributed by atoms with Crippen LogP contribution < -0.4 is 26.6 Å². The Hall–Kier alpha value is -3.64. The highest BCUT2D eigenvalue weighted by Gasteiger charge is 2.52. The Morgan fingerprint density at radius 1 is 0.981 bits per heavy atom. The minimum atomic E-state index is -1.05. The first-order valence-corrected chi connectivity index (χ1v) is 19.4. The number of alkyl carbamates (subject to hydrolysis) is 1. The summed E-state index contributed by atoms with van der Waals surface area (Å²) in [6.07, 6.45) is 8.23. The average Bonchev–Trinajstić information content (AvgIpc) is 3.85. The van der Waals surface area contributed by atoms with Crippen LogP contribution in [0.2, 0.25) is 0 Å². The lowest BCUT2D eigenvalue weighted by molar-refractivity contribution is -0.145. The van der Waals surface area contributed by atoms with Crippen LogP contribution in [0.1, 0.15) is 113 Å². The molecule has 6 atom stereocenters. The molecule has 52 heavy (non-hydrogen) atoms. The number of nitrogens with one attached hydrogen (secondary N) is 5. The third-order valence-corrected chi connectivity index (χ3v) is 11.2. The third kappa shape index (κ3) is 11.7. The van der Waals surface area contributed by atoms with Gasteiger partial charge in [0.15, 0.2) is 0 Å². The number of ether oxygens (including phenoxy) is 1. The molecule has 4 unspecified atom stereocenters. The Labute approximate surface area is 310 Å². The number of amides is 6. The molecule has 0 bridgehead atoms. The van der Waals surface area contributed by atoms with Gasteiger partial charge in [-0.1, -0.05) is 87.1 Å². The Balaban J connectivity index is 1.87. The van der Waals surface area contributed by atoms with E-state index in [9.17, 15) is 28.8 Å². The molecule has 0 radical (unpaired) electrons. The van der Waals surface area contributed by atoms with Gasteiger partial charge in [0.1, 0.15) is 18.7 Å². The van der Waals surface area contributed by atoms with Crippen molar-refractivity contribution < 1.29 is 33.5 Å². The lowest BCUT2D eigenvalue weighted by atomic mass is 9.70. The third-order valence-electron chi connectivity index (χ3n) is 11.2. The largest absolute Gasteiger partial charge is 0.447 e. The Kier molecular flexibility index (Phi) is 15.6. The summed E-state index contributed by atoms with van der Waals surface area (Å²) >= 11 is 0. The van der Waals surface area contributed by atoms with Crippen LogP contribution in [0.15, 0.2) is 12.7 Å². The maximum atomic E-state index is 14.9. The second kappa shape index (κ2) is 18.9. The smallest absolute Gasteiger partial charge is 0.407 e. The number of likely N-dealkylation sites (tertiary alicyclic amines) is 1. The van der Waals surface area contributed by atoms with Gasteiger partial charge in [0.05, 0.1) is 12.1 Å². The van der Waals surface area contributed by atoms with Crippen molar-refractivity contribution in [3.05, 3.63) is 12.7 Å². The van der Waals surface area contributed by atoms with Gasteiger partial charge in [0, 0.05) is 19.6 Å². The number of carbonyl (C=O) groups is 6. The molecular weight excluding hydrogens is 664 g/mol. The SMILES string of the molecule is C=CCNC(=O)C(=O)C(CCC)NC(=O)C1[C@@H](C(C)C)C(C)CN1C(=O)C(NC(=O)N[C@H](COC(=O)NCC1CC1)C(C)(C)C)C1(C)CCCCC1. The molecule has 3 fully saturated rings. The summed E-state index contributed by atoms with van der Waals surface area (Å²) in [4.78, 5) is 82.7. The zero-order valence-corrected chi connectivity index (χ0v) is 32.9. The van der Waals surface area contributed by atoms with E-state index in [0.29, 0.717) is 25.4 Å². The van der Waals surface area contributed by atoms with Crippen LogP contribution in [0.5, 0.6) is 0 Å². The van der Waals surface area contributed by atoms with Gasteiger partial charge in [-0.2, -0.15) is 0 Å². The highest BCUT2D eigenvalue weighted by Crippen LogP contribution is 2.42. The maximum Gasteiger partial charge on any atom is 0.407 e. The van der Waals surface area contributed by atoms with E-state index in [1.807, 2.05) is 55.4 Å². The Morgan fingerprint density at radius 3 is 2.19 bits per heavy atom. The van der Waals surface area contributed by atoms with Gasteiger partial charge in [-0.25, -0.2) is 9.59 Å². The van der Waals surface area contributed by atoms with E-state index < -0.39 is 64.7 Å². The molecule has 1 saturated heterocycles. The van der Waals surface area contributed by atoms with Gasteiger partial charge in [-0.05, 0) is 66.6 Å². The predicted octanol–water partition coefficient (Wildman–Crippen LogP) is 4.45. The van der Waals surface area contributed by atoms with E-state index in [-0.39, 0.29) is 43.2 Å². The van der Waals surface area contributed by atoms with Crippen molar-refractivity contribution in [3.8, 4) is 0 Å². The minimum Gasteiger partial charge on any atom is -0.447 e. The van der Waals surface area contributed by atoms with Crippen molar-refractivity contribution in [2.75, 3.05) is 26.2 Å². The van der Waals surface area contributed by atoms with Gasteiger partial charge in [-0.15, -0.1) is 6.58 Å². The number of rotatable bonds is 17. The predicted molar refractivity (Wildman–Crippen MR) is 200 cm³/mol. The molecule has 2 aliphatic carbocycles. The van der Waals surface area contributed by atoms with Crippen molar-refractivity contribution in [3.63, 3.8) is 0 Å². The number of urea groups is 1. The van der Waals surface area contributed by atoms with Gasteiger partial charge < -0.3 is 36.2 Å². The molecule has 3 rings (SSSR count). The Morgan fingerprint density at radius 2 is 1.63 bits per heavy atom. The zero-order chi connectivity index (χ0) is 38.8. The first kappa shape index (κ1) is 42.8. The standard InChI is InChI=1S/C39H66N6O7/c1-10-15-27(31(46)34(48)40-20-11-2)42-33(47)30-29(24(3)4)25(5)22-45(30)35(49)32(39(9)18-13-12-14-19-39)44-36(50)43-28(38(6,7)8)23-52-37(51)41-21-26-16-17-26/h11,24-30,32H,2,10,12-23H2,1,3-9H3,(H,40,48)(H,41,51)(H,42,47)(H2,43,44,50)/t25?,27?,28-,29+,30?,32?/m1/s1. The molecule has 0 spiro atoms. The lowest BCUT2D eigenvalue weighted by Crippen LogP contribution is -2.63. The van der Waals surface area contributed by atoms with E-state index in [1.54, 1.807) is 4.90 Å². The number of nitrogens with zero attached hydrogens (tertiary/aromatic N) is 1. The number of Topliss-reactive ketones (excluding diaryl/α,β-unsaturated/α-hetero) is 1. The van der Waals surface area contributed by atoms with Crippen molar-refractivity contribution in [1.29, 1.82) is 0 Å². The fourth-order valence-electron chi connectivity index (χ4n) is 7.80. The average molecular weight is 731 g/mol. The van der Waals surface area contributed by atoms with Gasteiger partial charge in [0.25, 0.3) is 5.91 Å². The van der Waals surface area contributed by atoms with Gasteiger partial charge in [-0.3, -0.25) is 19.2 Å². The van der Waals surface area contributed by atoms with E-state index >= 15 is 0 Å². The van der Waals surface area contributed by atoms with E-state index in [1.165, 1.54) is 6.08 Å². The molecule has 0 aromatic rings. The molecular formula is C39H66N6O7. The minimum absolute atomic E-state index is 0.0220. The summed E-state index contributed by atoms with van der Waals surface area (Å²) in [5.74, 6) is -2.12. The van der Waals surface area contributed by atoms with Crippen molar-refractivity contribution in [2.45, 2.75) is 137 Å². The molecule has 6 amide bonds. The van der Waals surface area contributed by atoms with Crippen LogP contribution in [0.3, 0.4) is 0 Å². The van der Waals surface area contributed by atoms with Gasteiger partial charge >= 0.3 is 12.1 Å². The van der Waals surface area contributed by atoms with Crippen LogP contribution in [0.4, 0.5) is 9.59 Å². The summed E-state index contributed by atoms with van der Waals surface area (Å²) in [6.45, 7) is 20.3. The molecule has 3 aliphatic rings. The lowest BCUT2D eigenvalue weighted by Gasteiger charge is -2.43. The summed E-state index contributed by atoms with van der Waals surface area (Å²) in [5, 5.41) is 14.1. The molecule has 294 valence electrons. The molecule has 1 aliphatic heterocycles. The van der Waals surface area contributed by atoms with E-state index in [2.05, 4.69) is 33.2 Å². The number of hydrogen-bond donors (Lipinski definition) is 5. The van der Waals surface area contributed by atoms with Crippen molar-refractivity contribution in [2.24, 2.45) is 34.5 Å². The van der Waals surface area contributed by atoms with Gasteiger partial charge in [0.2, 0.25) is 17.6 Å². The summed E-state index contributed by atoms with van der Waals surface area (Å²) in [7, 11) is 0. The second-order valence-corrected chi connectivity index (χ2v) is 17.1. The summed E-state index contributed by atoms with van der Waals surface area (Å²) in [6, 6.07) is -4.01. The fraction of sp³-hybridized carbons (Fsp3) is 0.795. The van der Waals surface area contributed by atoms with Crippen molar-refractivity contribution >= 4 is 35.6 Å². The van der Waals surface area contributed by atoms with Crippen LogP contribution in [-0.4, -0.2) is 90.9 Å². The fourth-order valence-corrected chi connectivity index (χ4v) is 7.80. The highest BCUT2D eigenvalue weighted by atomic mass is 16.5. The van der Waals surface area contributed by atoms with E-state index in [4.69, 9.17) is 4.74 Å². The van der Waals surface area contributed by atoms with E-state index in [0.717, 1.165) is 44.9 Å². The first-order chi connectivity index (χ1) is 24.4. The molecule has 5 N–H and O–H groups in total. The topological polar surface area (TPSA) is 175 Å². The Bertz CT molecular complexity index is 1290. The highest BCUT2D eigenvalue weighted by molar-refractivity contribution is 6.38. The second-order valence-electron chi connectivity index (χ2n) is 17.1.